The summed E-state index contributed by atoms with van der Waals surface area (Å²) in [6, 6.07) is 9.67. The van der Waals surface area contributed by atoms with Gasteiger partial charge >= 0.3 is 0 Å². The van der Waals surface area contributed by atoms with E-state index < -0.39 is 0 Å². The number of rotatable bonds is 3. The summed E-state index contributed by atoms with van der Waals surface area (Å²) in [6.07, 6.45) is 1.76. The smallest absolute Gasteiger partial charge is 0.160 e. The molecule has 0 fully saturated rings. The third kappa shape index (κ3) is 2.55. The standard InChI is InChI=1S/C14H10BrCl2N3/c15-10-5-12-14(18-7-10)20(13(6-16)19-12)8-9-3-1-2-4-11(9)17/h1-5,7H,6,8H2. The monoisotopic (exact) mass is 369 g/mol. The van der Waals surface area contributed by atoms with Crippen LogP contribution in [0.3, 0.4) is 0 Å². The number of hydrogen-bond donors (Lipinski definition) is 0. The lowest BCUT2D eigenvalue weighted by Gasteiger charge is -2.08. The second-order valence-corrected chi connectivity index (χ2v) is 5.93. The van der Waals surface area contributed by atoms with Crippen LogP contribution in [0.2, 0.25) is 5.02 Å². The number of halogens is 3. The van der Waals surface area contributed by atoms with Crippen molar-refractivity contribution in [2.24, 2.45) is 0 Å². The van der Waals surface area contributed by atoms with Crippen LogP contribution in [0.4, 0.5) is 0 Å². The van der Waals surface area contributed by atoms with Crippen LogP contribution in [-0.4, -0.2) is 14.5 Å². The van der Waals surface area contributed by atoms with Crippen LogP contribution >= 0.6 is 39.1 Å². The maximum Gasteiger partial charge on any atom is 0.160 e. The van der Waals surface area contributed by atoms with Crippen LogP contribution in [0.1, 0.15) is 11.4 Å². The Morgan fingerprint density at radius 1 is 1.25 bits per heavy atom. The van der Waals surface area contributed by atoms with Crippen molar-refractivity contribution in [1.82, 2.24) is 14.5 Å². The maximum atomic E-state index is 6.22. The highest BCUT2D eigenvalue weighted by molar-refractivity contribution is 9.10. The molecule has 2 aromatic heterocycles. The Hall–Kier alpha value is -1.10. The van der Waals surface area contributed by atoms with Gasteiger partial charge in [-0.15, -0.1) is 11.6 Å². The van der Waals surface area contributed by atoms with E-state index in [1.54, 1.807) is 6.20 Å². The highest BCUT2D eigenvalue weighted by atomic mass is 79.9. The van der Waals surface area contributed by atoms with Crippen molar-refractivity contribution in [3.63, 3.8) is 0 Å². The molecule has 0 N–H and O–H groups in total. The van der Waals surface area contributed by atoms with Crippen molar-refractivity contribution >= 4 is 50.3 Å². The number of fused-ring (bicyclic) bond motifs is 1. The number of hydrogen-bond acceptors (Lipinski definition) is 2. The molecule has 20 heavy (non-hydrogen) atoms. The van der Waals surface area contributed by atoms with Crippen molar-refractivity contribution in [3.05, 3.63) is 57.4 Å². The highest BCUT2D eigenvalue weighted by Gasteiger charge is 2.13. The SMILES string of the molecule is ClCc1nc2cc(Br)cnc2n1Cc1ccccc1Cl. The van der Waals surface area contributed by atoms with Crippen molar-refractivity contribution in [1.29, 1.82) is 0 Å². The van der Waals surface area contributed by atoms with Crippen molar-refractivity contribution in [2.45, 2.75) is 12.4 Å². The van der Waals surface area contributed by atoms with Gasteiger partial charge in [0.2, 0.25) is 0 Å². The summed E-state index contributed by atoms with van der Waals surface area (Å²) in [4.78, 5) is 8.94. The molecule has 0 amide bonds. The lowest BCUT2D eigenvalue weighted by Crippen LogP contribution is -2.05. The van der Waals surface area contributed by atoms with Gasteiger partial charge < -0.3 is 4.57 Å². The van der Waals surface area contributed by atoms with Gasteiger partial charge in [0, 0.05) is 15.7 Å². The van der Waals surface area contributed by atoms with E-state index in [1.807, 2.05) is 34.9 Å². The Morgan fingerprint density at radius 2 is 2.05 bits per heavy atom. The largest absolute Gasteiger partial charge is 0.307 e. The van der Waals surface area contributed by atoms with E-state index in [0.717, 1.165) is 32.0 Å². The Kier molecular flexibility index (Phi) is 3.96. The normalized spacial score (nSPS) is 11.2. The molecule has 0 radical (unpaired) electrons. The molecule has 3 rings (SSSR count). The number of imidazole rings is 1. The molecule has 3 nitrogen and oxygen atoms in total. The quantitative estimate of drug-likeness (QED) is 0.629. The third-order valence-electron chi connectivity index (χ3n) is 3.04. The van der Waals surface area contributed by atoms with Crippen molar-refractivity contribution in [3.8, 4) is 0 Å². The van der Waals surface area contributed by atoms with E-state index >= 15 is 0 Å². The maximum absolute atomic E-state index is 6.22. The van der Waals surface area contributed by atoms with Crippen molar-refractivity contribution in [2.75, 3.05) is 0 Å². The first-order valence-corrected chi connectivity index (χ1v) is 7.69. The van der Waals surface area contributed by atoms with Crippen LogP contribution in [0.5, 0.6) is 0 Å². The topological polar surface area (TPSA) is 30.7 Å². The minimum atomic E-state index is 0.332. The predicted molar refractivity (Wildman–Crippen MR) is 85.3 cm³/mol. The minimum absolute atomic E-state index is 0.332. The molecule has 2 heterocycles. The van der Waals surface area contributed by atoms with E-state index in [0.29, 0.717) is 12.4 Å². The van der Waals surface area contributed by atoms with E-state index in [4.69, 9.17) is 23.2 Å². The molecule has 0 atom stereocenters. The molecule has 3 aromatic rings. The summed E-state index contributed by atoms with van der Waals surface area (Å²) in [5.74, 6) is 1.12. The molecule has 0 aliphatic rings. The second-order valence-electron chi connectivity index (χ2n) is 4.34. The van der Waals surface area contributed by atoms with Gasteiger partial charge in [-0.25, -0.2) is 9.97 Å². The van der Waals surface area contributed by atoms with Gasteiger partial charge in [-0.3, -0.25) is 0 Å². The number of aromatic nitrogens is 3. The van der Waals surface area contributed by atoms with Crippen LogP contribution in [-0.2, 0) is 12.4 Å². The van der Waals surface area contributed by atoms with Gasteiger partial charge in [-0.2, -0.15) is 0 Å². The molecular formula is C14H10BrCl2N3. The lowest BCUT2D eigenvalue weighted by molar-refractivity contribution is 0.770. The Bertz CT molecular complexity index is 770. The molecule has 1 aromatic carbocycles. The molecule has 0 bridgehead atoms. The van der Waals surface area contributed by atoms with Gasteiger partial charge in [0.25, 0.3) is 0 Å². The molecule has 0 saturated heterocycles. The van der Waals surface area contributed by atoms with E-state index in [1.165, 1.54) is 0 Å². The summed E-state index contributed by atoms with van der Waals surface area (Å²) < 4.78 is 2.89. The molecule has 0 aliphatic heterocycles. The first kappa shape index (κ1) is 13.9. The Balaban J connectivity index is 2.12. The van der Waals surface area contributed by atoms with Crippen LogP contribution < -0.4 is 0 Å². The molecule has 102 valence electrons. The number of nitrogens with zero attached hydrogens (tertiary/aromatic N) is 3. The van der Waals surface area contributed by atoms with Crippen LogP contribution in [0, 0.1) is 0 Å². The predicted octanol–water partition coefficient (Wildman–Crippen LogP) is 4.63. The Labute approximate surface area is 134 Å². The summed E-state index contributed by atoms with van der Waals surface area (Å²) in [5.41, 5.74) is 2.65. The van der Waals surface area contributed by atoms with Gasteiger partial charge in [0.15, 0.2) is 5.65 Å². The van der Waals surface area contributed by atoms with E-state index in [2.05, 4.69) is 25.9 Å². The zero-order valence-electron chi connectivity index (χ0n) is 10.4. The summed E-state index contributed by atoms with van der Waals surface area (Å²) in [6.45, 7) is 0.604. The van der Waals surface area contributed by atoms with Crippen LogP contribution in [0.15, 0.2) is 41.0 Å². The van der Waals surface area contributed by atoms with E-state index in [9.17, 15) is 0 Å². The number of pyridine rings is 1. The molecule has 0 spiro atoms. The lowest BCUT2D eigenvalue weighted by atomic mass is 10.2. The zero-order chi connectivity index (χ0) is 14.1. The number of alkyl halides is 1. The zero-order valence-corrected chi connectivity index (χ0v) is 13.5. The summed E-state index contributed by atoms with van der Waals surface area (Å²) in [5, 5.41) is 0.729. The van der Waals surface area contributed by atoms with E-state index in [-0.39, 0.29) is 0 Å². The highest BCUT2D eigenvalue weighted by Crippen LogP contribution is 2.23. The second kappa shape index (κ2) is 5.72. The van der Waals surface area contributed by atoms with Gasteiger partial charge in [-0.05, 0) is 33.6 Å². The molecular weight excluding hydrogens is 361 g/mol. The average molecular weight is 371 g/mol. The first-order valence-electron chi connectivity index (χ1n) is 5.99. The fourth-order valence-corrected chi connectivity index (χ4v) is 2.82. The fourth-order valence-electron chi connectivity index (χ4n) is 2.10. The summed E-state index contributed by atoms with van der Waals surface area (Å²) >= 11 is 15.6. The molecule has 0 saturated carbocycles. The van der Waals surface area contributed by atoms with Crippen molar-refractivity contribution < 1.29 is 0 Å². The van der Waals surface area contributed by atoms with Gasteiger partial charge in [-0.1, -0.05) is 29.8 Å². The fraction of sp³-hybridized carbons (Fsp3) is 0.143. The Morgan fingerprint density at radius 3 is 2.80 bits per heavy atom. The summed E-state index contributed by atoms with van der Waals surface area (Å²) in [7, 11) is 0. The van der Waals surface area contributed by atoms with Crippen LogP contribution in [0.25, 0.3) is 11.2 Å². The van der Waals surface area contributed by atoms with Gasteiger partial charge in [0.05, 0.1) is 12.4 Å². The molecule has 0 unspecified atom stereocenters. The molecule has 0 aliphatic carbocycles. The first-order chi connectivity index (χ1) is 9.69. The van der Waals surface area contributed by atoms with Gasteiger partial charge in [0.1, 0.15) is 11.3 Å². The molecule has 6 heteroatoms. The average Bonchev–Trinajstić information content (AvgIpc) is 2.78. The number of benzene rings is 1. The third-order valence-corrected chi connectivity index (χ3v) is 4.08. The minimum Gasteiger partial charge on any atom is -0.307 e.